The Morgan fingerprint density at radius 1 is 1.24 bits per heavy atom. The van der Waals surface area contributed by atoms with E-state index in [2.05, 4.69) is 10.3 Å². The quantitative estimate of drug-likeness (QED) is 0.758. The second kappa shape index (κ2) is 8.31. The Bertz CT molecular complexity index is 880. The molecule has 0 saturated heterocycles. The van der Waals surface area contributed by atoms with Gasteiger partial charge in [0.05, 0.1) is 16.9 Å². The van der Waals surface area contributed by atoms with E-state index in [-0.39, 0.29) is 12.1 Å². The van der Waals surface area contributed by atoms with Crippen molar-refractivity contribution in [3.63, 3.8) is 0 Å². The van der Waals surface area contributed by atoms with Gasteiger partial charge in [0.2, 0.25) is 0 Å². The summed E-state index contributed by atoms with van der Waals surface area (Å²) in [6.45, 7) is 7.59. The van der Waals surface area contributed by atoms with Crippen molar-refractivity contribution in [3.8, 4) is 11.3 Å². The number of amides is 2. The van der Waals surface area contributed by atoms with Crippen LogP contribution in [-0.2, 0) is 6.18 Å². The summed E-state index contributed by atoms with van der Waals surface area (Å²) in [6.07, 6.45) is -3.69. The highest BCUT2D eigenvalue weighted by molar-refractivity contribution is 5.95. The fourth-order valence-corrected chi connectivity index (χ4v) is 3.46. The van der Waals surface area contributed by atoms with Gasteiger partial charge in [0.25, 0.3) is 0 Å². The summed E-state index contributed by atoms with van der Waals surface area (Å²) in [5, 5.41) is 3.27. The summed E-state index contributed by atoms with van der Waals surface area (Å²) < 4.78 is 39.3. The van der Waals surface area contributed by atoms with E-state index >= 15 is 0 Å². The highest BCUT2D eigenvalue weighted by Crippen LogP contribution is 2.35. The molecule has 5 nitrogen and oxygen atoms in total. The lowest BCUT2D eigenvalue weighted by molar-refractivity contribution is -0.137. The summed E-state index contributed by atoms with van der Waals surface area (Å²) >= 11 is 0. The van der Waals surface area contributed by atoms with E-state index in [9.17, 15) is 18.0 Å². The number of anilines is 2. The first-order chi connectivity index (χ1) is 13.8. The number of nitrogens with one attached hydrogen (secondary N) is 1. The van der Waals surface area contributed by atoms with Gasteiger partial charge in [-0.2, -0.15) is 13.2 Å². The van der Waals surface area contributed by atoms with Gasteiger partial charge in [0.15, 0.2) is 5.82 Å². The van der Waals surface area contributed by atoms with E-state index in [4.69, 9.17) is 0 Å². The summed E-state index contributed by atoms with van der Waals surface area (Å²) in [5.41, 5.74) is 0.720. The highest BCUT2D eigenvalue weighted by atomic mass is 19.4. The van der Waals surface area contributed by atoms with Crippen molar-refractivity contribution in [2.75, 3.05) is 29.9 Å². The number of alkyl halides is 3. The molecule has 3 rings (SSSR count). The van der Waals surface area contributed by atoms with Crippen molar-refractivity contribution in [1.29, 1.82) is 0 Å². The van der Waals surface area contributed by atoms with E-state index in [1.165, 1.54) is 6.07 Å². The van der Waals surface area contributed by atoms with E-state index < -0.39 is 11.7 Å². The van der Waals surface area contributed by atoms with Crippen molar-refractivity contribution in [3.05, 3.63) is 42.0 Å². The highest BCUT2D eigenvalue weighted by Gasteiger charge is 2.32. The molecule has 0 bridgehead atoms. The molecule has 29 heavy (non-hydrogen) atoms. The molecule has 2 amide bonds. The minimum absolute atomic E-state index is 0.0962. The van der Waals surface area contributed by atoms with Crippen LogP contribution in [0.4, 0.5) is 29.5 Å². The lowest BCUT2D eigenvalue weighted by Gasteiger charge is -2.32. The Kier molecular flexibility index (Phi) is 6.00. The zero-order valence-electron chi connectivity index (χ0n) is 16.8. The van der Waals surface area contributed by atoms with Gasteiger partial charge in [-0.15, -0.1) is 0 Å². The number of hydrogen-bond acceptors (Lipinski definition) is 3. The number of carbonyl (C=O) groups excluding carboxylic acids is 1. The fraction of sp³-hybridized carbons (Fsp3) is 0.429. The predicted molar refractivity (Wildman–Crippen MR) is 108 cm³/mol. The zero-order valence-corrected chi connectivity index (χ0v) is 16.8. The van der Waals surface area contributed by atoms with Crippen molar-refractivity contribution in [2.45, 2.75) is 39.4 Å². The number of urea groups is 1. The molecule has 1 aliphatic heterocycles. The van der Waals surface area contributed by atoms with Gasteiger partial charge >= 0.3 is 12.2 Å². The Balaban J connectivity index is 2.08. The van der Waals surface area contributed by atoms with Crippen LogP contribution < -0.4 is 10.2 Å². The number of halogens is 3. The second-order valence-electron chi connectivity index (χ2n) is 7.04. The number of pyridine rings is 1. The minimum atomic E-state index is -4.43. The zero-order chi connectivity index (χ0) is 21.2. The van der Waals surface area contributed by atoms with Crippen LogP contribution in [0.2, 0.25) is 0 Å². The van der Waals surface area contributed by atoms with Crippen LogP contribution in [0, 0.1) is 0 Å². The van der Waals surface area contributed by atoms with Gasteiger partial charge < -0.3 is 10.2 Å². The maximum atomic E-state index is 13.2. The molecule has 0 radical (unpaired) electrons. The molecule has 156 valence electrons. The number of rotatable bonds is 3. The van der Waals surface area contributed by atoms with Crippen molar-refractivity contribution < 1.29 is 18.0 Å². The second-order valence-corrected chi connectivity index (χ2v) is 7.04. The molecular formula is C21H25F3N4O. The summed E-state index contributed by atoms with van der Waals surface area (Å²) in [7, 11) is 0. The van der Waals surface area contributed by atoms with Crippen LogP contribution in [0.25, 0.3) is 11.3 Å². The molecule has 0 fully saturated rings. The smallest absolute Gasteiger partial charge is 0.382 e. The van der Waals surface area contributed by atoms with Gasteiger partial charge in [-0.25, -0.2) is 9.78 Å². The predicted octanol–water partition coefficient (Wildman–Crippen LogP) is 5.24. The number of carbonyl (C=O) groups is 1. The minimum Gasteiger partial charge on any atom is -0.382 e. The molecular weight excluding hydrogens is 381 g/mol. The van der Waals surface area contributed by atoms with Gasteiger partial charge in [-0.3, -0.25) is 4.90 Å². The maximum absolute atomic E-state index is 13.2. The third-order valence-electron chi connectivity index (χ3n) is 5.15. The number of nitrogens with zero attached hydrogens (tertiary/aromatic N) is 3. The Labute approximate surface area is 168 Å². The number of hydrogen-bond donors (Lipinski definition) is 1. The van der Waals surface area contributed by atoms with Crippen LogP contribution in [0.15, 0.2) is 36.4 Å². The molecule has 0 aliphatic carbocycles. The van der Waals surface area contributed by atoms with Crippen LogP contribution >= 0.6 is 0 Å². The lowest BCUT2D eigenvalue weighted by Crippen LogP contribution is -2.47. The molecule has 1 aromatic carbocycles. The van der Waals surface area contributed by atoms with Crippen LogP contribution in [0.5, 0.6) is 0 Å². The molecule has 0 saturated carbocycles. The molecule has 1 aromatic heterocycles. The molecule has 2 aromatic rings. The van der Waals surface area contributed by atoms with E-state index in [1.54, 1.807) is 28.0 Å². The standard InChI is InChI=1S/C21H25F3N4O/c1-4-27(5-2)20(29)28-14(3)11-12-25-18-10-9-17(26-19(18)28)15-7-6-8-16(13-15)21(22,23)24/h6-10,13-14,25H,4-5,11-12H2,1-3H3/t14-/m1/s1. The van der Waals surface area contributed by atoms with Crippen molar-refractivity contribution >= 4 is 17.5 Å². The average Bonchev–Trinajstić information content (AvgIpc) is 2.85. The third kappa shape index (κ3) is 4.31. The lowest BCUT2D eigenvalue weighted by atomic mass is 10.1. The Morgan fingerprint density at radius 2 is 1.97 bits per heavy atom. The molecule has 1 N–H and O–H groups in total. The molecule has 1 atom stereocenters. The average molecular weight is 406 g/mol. The van der Waals surface area contributed by atoms with Crippen LogP contribution in [0.3, 0.4) is 0 Å². The van der Waals surface area contributed by atoms with Crippen molar-refractivity contribution in [2.24, 2.45) is 0 Å². The summed E-state index contributed by atoms with van der Waals surface area (Å²) in [5.74, 6) is 0.446. The van der Waals surface area contributed by atoms with Crippen molar-refractivity contribution in [1.82, 2.24) is 9.88 Å². The van der Waals surface area contributed by atoms with Gasteiger partial charge in [-0.1, -0.05) is 12.1 Å². The SMILES string of the molecule is CCN(CC)C(=O)N1c2nc(-c3cccc(C(F)(F)F)c3)ccc2NCC[C@H]1C. The first-order valence-corrected chi connectivity index (χ1v) is 9.77. The molecule has 8 heteroatoms. The monoisotopic (exact) mass is 406 g/mol. The van der Waals surface area contributed by atoms with E-state index in [0.717, 1.165) is 18.6 Å². The molecule has 0 spiro atoms. The maximum Gasteiger partial charge on any atom is 0.416 e. The Hall–Kier alpha value is -2.77. The van der Waals surface area contributed by atoms with E-state index in [0.29, 0.717) is 42.4 Å². The first-order valence-electron chi connectivity index (χ1n) is 9.77. The number of aromatic nitrogens is 1. The number of benzene rings is 1. The molecule has 2 heterocycles. The Morgan fingerprint density at radius 3 is 2.62 bits per heavy atom. The molecule has 0 unspecified atom stereocenters. The first kappa shape index (κ1) is 21.0. The van der Waals surface area contributed by atoms with Crippen LogP contribution in [0.1, 0.15) is 32.8 Å². The van der Waals surface area contributed by atoms with Gasteiger partial charge in [-0.05, 0) is 51.5 Å². The van der Waals surface area contributed by atoms with Crippen LogP contribution in [-0.4, -0.2) is 41.6 Å². The number of fused-ring (bicyclic) bond motifs is 1. The van der Waals surface area contributed by atoms with Gasteiger partial charge in [0, 0.05) is 31.2 Å². The van der Waals surface area contributed by atoms with Gasteiger partial charge in [0.1, 0.15) is 0 Å². The molecule has 1 aliphatic rings. The largest absolute Gasteiger partial charge is 0.416 e. The van der Waals surface area contributed by atoms with E-state index in [1.807, 2.05) is 20.8 Å². The normalized spacial score (nSPS) is 16.6. The summed E-state index contributed by atoms with van der Waals surface area (Å²) in [4.78, 5) is 21.1. The third-order valence-corrected chi connectivity index (χ3v) is 5.15. The summed E-state index contributed by atoms with van der Waals surface area (Å²) in [6, 6.07) is 8.28. The fourth-order valence-electron chi connectivity index (χ4n) is 3.46. The topological polar surface area (TPSA) is 48.5 Å².